The van der Waals surface area contributed by atoms with E-state index in [2.05, 4.69) is 21.4 Å². The first-order valence-electron chi connectivity index (χ1n) is 16.4. The molecular formula is C36H47F3N4O3. The number of nitrogens with one attached hydrogen (secondary N) is 1. The van der Waals surface area contributed by atoms with Crippen molar-refractivity contribution in [2.75, 3.05) is 60.0 Å². The van der Waals surface area contributed by atoms with E-state index in [1.165, 1.54) is 14.2 Å². The Morgan fingerprint density at radius 3 is 2.37 bits per heavy atom. The molecule has 3 aromatic rings. The van der Waals surface area contributed by atoms with Crippen LogP contribution in [-0.4, -0.2) is 91.8 Å². The number of H-pyrrole nitrogens is 1. The van der Waals surface area contributed by atoms with E-state index in [-0.39, 0.29) is 23.3 Å². The van der Waals surface area contributed by atoms with Crippen molar-refractivity contribution in [3.8, 4) is 22.8 Å². The molecule has 3 heterocycles. The minimum Gasteiger partial charge on any atom is -0.493 e. The van der Waals surface area contributed by atoms with Crippen molar-refractivity contribution in [1.82, 2.24) is 19.7 Å². The van der Waals surface area contributed by atoms with Crippen LogP contribution in [0.4, 0.5) is 13.2 Å². The van der Waals surface area contributed by atoms with Gasteiger partial charge in [0.1, 0.15) is 0 Å². The molecule has 2 aliphatic heterocycles. The number of benzene rings is 2. The highest BCUT2D eigenvalue weighted by molar-refractivity contribution is 5.92. The average molecular weight is 641 g/mol. The Bertz CT molecular complexity index is 1520. The normalized spacial score (nSPS) is 18.2. The van der Waals surface area contributed by atoms with Crippen molar-refractivity contribution in [3.05, 3.63) is 59.8 Å². The third-order valence-corrected chi connectivity index (χ3v) is 9.73. The molecule has 2 saturated heterocycles. The number of carbonyl (C=O) groups excluding carboxylic acids is 1. The van der Waals surface area contributed by atoms with Crippen LogP contribution in [-0.2, 0) is 11.2 Å². The molecule has 1 N–H and O–H groups in total. The molecule has 0 saturated carbocycles. The van der Waals surface area contributed by atoms with Crippen LogP contribution >= 0.6 is 0 Å². The van der Waals surface area contributed by atoms with Gasteiger partial charge in [-0.3, -0.25) is 9.69 Å². The van der Waals surface area contributed by atoms with E-state index in [1.807, 2.05) is 36.9 Å². The van der Waals surface area contributed by atoms with E-state index in [4.69, 9.17) is 9.47 Å². The van der Waals surface area contributed by atoms with Crippen LogP contribution in [0.25, 0.3) is 22.2 Å². The lowest BCUT2D eigenvalue weighted by Crippen LogP contribution is -2.46. The van der Waals surface area contributed by atoms with E-state index in [9.17, 15) is 18.0 Å². The highest BCUT2D eigenvalue weighted by Gasteiger charge is 2.33. The molecule has 1 unspecified atom stereocenters. The number of ether oxygens (including phenoxy) is 2. The second-order valence-electron chi connectivity index (χ2n) is 12.6. The summed E-state index contributed by atoms with van der Waals surface area (Å²) < 4.78 is 52.4. The molecule has 2 aromatic carbocycles. The topological polar surface area (TPSA) is 61.0 Å². The van der Waals surface area contributed by atoms with Gasteiger partial charge in [0.2, 0.25) is 5.91 Å². The molecule has 250 valence electrons. The summed E-state index contributed by atoms with van der Waals surface area (Å²) in [6.07, 6.45) is -1.65. The number of hydrogen-bond acceptors (Lipinski definition) is 5. The molecule has 2 fully saturated rings. The molecule has 46 heavy (non-hydrogen) atoms. The van der Waals surface area contributed by atoms with E-state index in [0.29, 0.717) is 33.7 Å². The molecule has 5 rings (SSSR count). The van der Waals surface area contributed by atoms with E-state index in [1.54, 1.807) is 18.2 Å². The van der Waals surface area contributed by atoms with Gasteiger partial charge in [-0.25, -0.2) is 0 Å². The number of nitrogens with zero attached hydrogens (tertiary/aromatic N) is 3. The van der Waals surface area contributed by atoms with Crippen LogP contribution in [0.5, 0.6) is 11.5 Å². The molecule has 0 bridgehead atoms. The summed E-state index contributed by atoms with van der Waals surface area (Å²) in [5.41, 5.74) is 4.10. The van der Waals surface area contributed by atoms with E-state index < -0.39 is 12.6 Å². The third kappa shape index (κ3) is 7.48. The van der Waals surface area contributed by atoms with Gasteiger partial charge in [-0.1, -0.05) is 12.6 Å². The number of rotatable bonds is 11. The second-order valence-corrected chi connectivity index (χ2v) is 12.6. The molecular weight excluding hydrogens is 593 g/mol. The fourth-order valence-corrected chi connectivity index (χ4v) is 7.22. The van der Waals surface area contributed by atoms with Crippen LogP contribution in [0.2, 0.25) is 0 Å². The van der Waals surface area contributed by atoms with Gasteiger partial charge in [0.05, 0.1) is 32.3 Å². The zero-order valence-electron chi connectivity index (χ0n) is 27.5. The summed E-state index contributed by atoms with van der Waals surface area (Å²) in [6, 6.07) is 11.1. The van der Waals surface area contributed by atoms with Crippen molar-refractivity contribution in [1.29, 1.82) is 0 Å². The predicted octanol–water partition coefficient (Wildman–Crippen LogP) is 7.23. The van der Waals surface area contributed by atoms with Crippen molar-refractivity contribution in [3.63, 3.8) is 0 Å². The minimum absolute atomic E-state index is 0.0463. The number of carbonyl (C=O) groups is 1. The average Bonchev–Trinajstić information content (AvgIpc) is 3.41. The summed E-state index contributed by atoms with van der Waals surface area (Å²) >= 11 is 0. The minimum atomic E-state index is -4.37. The standard InChI is InChI=1S/C36H47F3N4O3/c1-6-42(7-2)35(44)28-9-8-16-41(23-28)22-24(3)43-17-14-25(15-18-43)26-10-12-31-29(19-26)30(21-36(37,38)39)34(40-31)27-11-13-32(45-4)33(20-27)46-5/h10-13,19-20,25,28,40H,3,6-9,14-18,21-23H2,1-2,4-5H3. The van der Waals surface area contributed by atoms with Gasteiger partial charge >= 0.3 is 6.18 Å². The van der Waals surface area contributed by atoms with Gasteiger partial charge in [-0.2, -0.15) is 13.2 Å². The van der Waals surface area contributed by atoms with Crippen LogP contribution in [0, 0.1) is 5.92 Å². The van der Waals surface area contributed by atoms with Gasteiger partial charge in [0, 0.05) is 61.4 Å². The maximum Gasteiger partial charge on any atom is 0.393 e. The smallest absolute Gasteiger partial charge is 0.393 e. The van der Waals surface area contributed by atoms with Crippen LogP contribution in [0.1, 0.15) is 56.6 Å². The number of piperidine rings is 2. The number of likely N-dealkylation sites (tertiary alicyclic amines) is 2. The van der Waals surface area contributed by atoms with Gasteiger partial charge in [0.25, 0.3) is 0 Å². The molecule has 0 radical (unpaired) electrons. The number of fused-ring (bicyclic) bond motifs is 1. The van der Waals surface area contributed by atoms with Crippen molar-refractivity contribution in [2.24, 2.45) is 5.92 Å². The fraction of sp³-hybridized carbons (Fsp3) is 0.528. The largest absolute Gasteiger partial charge is 0.493 e. The van der Waals surface area contributed by atoms with Crippen molar-refractivity contribution >= 4 is 16.8 Å². The summed E-state index contributed by atoms with van der Waals surface area (Å²) in [7, 11) is 3.04. The highest BCUT2D eigenvalue weighted by Crippen LogP contribution is 2.40. The first kappa shape index (κ1) is 33.7. The maximum atomic E-state index is 13.9. The lowest BCUT2D eigenvalue weighted by atomic mass is 9.88. The van der Waals surface area contributed by atoms with Crippen LogP contribution < -0.4 is 9.47 Å². The zero-order chi connectivity index (χ0) is 33.0. The number of aromatic nitrogens is 1. The van der Waals surface area contributed by atoms with Crippen LogP contribution in [0.3, 0.4) is 0 Å². The molecule has 1 atom stereocenters. The van der Waals surface area contributed by atoms with Gasteiger partial charge < -0.3 is 24.3 Å². The van der Waals surface area contributed by atoms with Crippen molar-refractivity contribution < 1.29 is 27.4 Å². The number of hydrogen-bond donors (Lipinski definition) is 1. The molecule has 1 aromatic heterocycles. The Kier molecular flexibility index (Phi) is 10.6. The Hall–Kier alpha value is -3.66. The molecule has 7 nitrogen and oxygen atoms in total. The first-order valence-corrected chi connectivity index (χ1v) is 16.4. The Labute approximate surface area is 270 Å². The maximum absolute atomic E-state index is 13.9. The summed E-state index contributed by atoms with van der Waals surface area (Å²) in [5, 5.41) is 0.602. The second kappa shape index (κ2) is 14.4. The molecule has 2 aliphatic rings. The molecule has 0 aliphatic carbocycles. The monoisotopic (exact) mass is 640 g/mol. The number of halogens is 3. The predicted molar refractivity (Wildman–Crippen MR) is 176 cm³/mol. The fourth-order valence-electron chi connectivity index (χ4n) is 7.22. The number of methoxy groups -OCH3 is 2. The van der Waals surface area contributed by atoms with E-state index >= 15 is 0 Å². The Balaban J connectivity index is 1.28. The summed E-state index contributed by atoms with van der Waals surface area (Å²) in [4.78, 5) is 22.9. The summed E-state index contributed by atoms with van der Waals surface area (Å²) in [5.74, 6) is 1.53. The van der Waals surface area contributed by atoms with Crippen LogP contribution in [0.15, 0.2) is 48.7 Å². The first-order chi connectivity index (χ1) is 22.0. The Morgan fingerprint density at radius 1 is 1.00 bits per heavy atom. The number of aromatic amines is 1. The Morgan fingerprint density at radius 2 is 1.72 bits per heavy atom. The highest BCUT2D eigenvalue weighted by atomic mass is 19.4. The van der Waals surface area contributed by atoms with E-state index in [0.717, 1.165) is 82.8 Å². The lowest BCUT2D eigenvalue weighted by Gasteiger charge is -2.39. The van der Waals surface area contributed by atoms with Gasteiger partial charge in [0.15, 0.2) is 11.5 Å². The number of amides is 1. The van der Waals surface area contributed by atoms with Gasteiger partial charge in [-0.05, 0) is 93.5 Å². The molecule has 10 heteroatoms. The lowest BCUT2D eigenvalue weighted by molar-refractivity contribution is -0.137. The summed E-state index contributed by atoms with van der Waals surface area (Å²) in [6.45, 7) is 14.1. The van der Waals surface area contributed by atoms with Crippen molar-refractivity contribution in [2.45, 2.75) is 58.0 Å². The zero-order valence-corrected chi connectivity index (χ0v) is 27.5. The number of alkyl halides is 3. The SMILES string of the molecule is C=C(CN1CCCC(C(=O)N(CC)CC)C1)N1CCC(c2ccc3[nH]c(-c4ccc(OC)c(OC)c4)c(CC(F)(F)F)c3c2)CC1. The molecule has 0 spiro atoms. The quantitative estimate of drug-likeness (QED) is 0.240. The third-order valence-electron chi connectivity index (χ3n) is 9.73. The molecule has 1 amide bonds. The van der Waals surface area contributed by atoms with Gasteiger partial charge in [-0.15, -0.1) is 0 Å².